The van der Waals surface area contributed by atoms with Gasteiger partial charge in [-0.3, -0.25) is 0 Å². The van der Waals surface area contributed by atoms with E-state index >= 15 is 0 Å². The maximum atomic E-state index is 11.9. The van der Waals surface area contributed by atoms with Crippen LogP contribution in [0, 0.1) is 46.3 Å². The molecule has 0 amide bonds. The quantitative estimate of drug-likeness (QED) is 0.200. The smallest absolute Gasteiger partial charge is 0.187 e. The second-order valence-corrected chi connectivity index (χ2v) is 18.4. The predicted molar refractivity (Wildman–Crippen MR) is 183 cm³/mol. The van der Waals surface area contributed by atoms with E-state index in [1.807, 2.05) is 0 Å². The highest BCUT2D eigenvalue weighted by molar-refractivity contribution is 5.29. The van der Waals surface area contributed by atoms with Crippen LogP contribution in [0.15, 0.2) is 11.6 Å². The fourth-order valence-electron chi connectivity index (χ4n) is 12.6. The van der Waals surface area contributed by atoms with Gasteiger partial charge in [0.25, 0.3) is 0 Å². The molecule has 296 valence electrons. The first kappa shape index (κ1) is 38.1. The van der Waals surface area contributed by atoms with E-state index in [0.717, 1.165) is 50.7 Å². The van der Waals surface area contributed by atoms with Gasteiger partial charge >= 0.3 is 0 Å². The molecule has 0 aromatic carbocycles. The molecule has 0 aromatic heterocycles. The summed E-state index contributed by atoms with van der Waals surface area (Å²) >= 11 is 0. The Labute approximate surface area is 306 Å². The topological polar surface area (TPSA) is 197 Å². The van der Waals surface area contributed by atoms with E-state index < -0.39 is 79.9 Å². The van der Waals surface area contributed by atoms with Crippen LogP contribution in [0.3, 0.4) is 0 Å². The summed E-state index contributed by atoms with van der Waals surface area (Å²) in [6, 6.07) is 0. The summed E-state index contributed by atoms with van der Waals surface area (Å²) in [5, 5.41) is 75.0. The van der Waals surface area contributed by atoms with Crippen molar-refractivity contribution in [2.75, 3.05) is 13.2 Å². The van der Waals surface area contributed by atoms with Crippen LogP contribution in [-0.2, 0) is 28.4 Å². The van der Waals surface area contributed by atoms with Crippen LogP contribution in [0.25, 0.3) is 0 Å². The van der Waals surface area contributed by atoms with Gasteiger partial charge in [-0.2, -0.15) is 0 Å². The molecule has 22 atom stereocenters. The summed E-state index contributed by atoms with van der Waals surface area (Å²) in [5.74, 6) is 1.65. The molecule has 0 aromatic rings. The zero-order valence-electron chi connectivity index (χ0n) is 31.2. The zero-order valence-corrected chi connectivity index (χ0v) is 31.2. The van der Waals surface area contributed by atoms with E-state index in [-0.39, 0.29) is 29.0 Å². The van der Waals surface area contributed by atoms with Crippen LogP contribution >= 0.6 is 0 Å². The molecule has 7 fully saturated rings. The Hall–Kier alpha value is -0.780. The molecule has 13 nitrogen and oxygen atoms in total. The van der Waals surface area contributed by atoms with Gasteiger partial charge in [-0.25, -0.2) is 0 Å². The minimum atomic E-state index is -1.63. The molecule has 0 bridgehead atoms. The van der Waals surface area contributed by atoms with Crippen LogP contribution in [0.5, 0.6) is 0 Å². The van der Waals surface area contributed by atoms with Gasteiger partial charge in [0, 0.05) is 12.3 Å². The van der Waals surface area contributed by atoms with Crippen LogP contribution in [0.2, 0.25) is 0 Å². The van der Waals surface area contributed by atoms with Crippen molar-refractivity contribution in [3.8, 4) is 0 Å². The molecule has 4 aliphatic heterocycles. The van der Waals surface area contributed by atoms with Crippen molar-refractivity contribution in [2.45, 2.75) is 171 Å². The lowest BCUT2D eigenvalue weighted by molar-refractivity contribution is -0.360. The summed E-state index contributed by atoms with van der Waals surface area (Å²) in [4.78, 5) is 0. The first-order chi connectivity index (χ1) is 24.6. The average molecular weight is 739 g/mol. The molecule has 4 aliphatic carbocycles. The molecule has 0 radical (unpaired) electrons. The Bertz CT molecular complexity index is 1340. The number of aliphatic hydroxyl groups excluding tert-OH is 7. The average Bonchev–Trinajstić information content (AvgIpc) is 3.56. The molecule has 1 spiro atoms. The summed E-state index contributed by atoms with van der Waals surface area (Å²) < 4.78 is 37.0. The second kappa shape index (κ2) is 13.7. The first-order valence-electron chi connectivity index (χ1n) is 20.0. The summed E-state index contributed by atoms with van der Waals surface area (Å²) in [6.07, 6.45) is -5.10. The largest absolute Gasteiger partial charge is 0.394 e. The fraction of sp³-hybridized carbons (Fsp3) is 0.949. The van der Waals surface area contributed by atoms with Crippen LogP contribution in [0.4, 0.5) is 0 Å². The Balaban J connectivity index is 0.934. The minimum absolute atomic E-state index is 0.0742. The van der Waals surface area contributed by atoms with E-state index in [0.29, 0.717) is 42.4 Å². The van der Waals surface area contributed by atoms with Gasteiger partial charge in [0.1, 0.15) is 42.7 Å². The third-order valence-corrected chi connectivity index (χ3v) is 15.6. The summed E-state index contributed by atoms with van der Waals surface area (Å²) in [5.41, 5.74) is 1.13. The van der Waals surface area contributed by atoms with Gasteiger partial charge in [0.05, 0.1) is 37.6 Å². The highest BCUT2D eigenvalue weighted by atomic mass is 16.7. The molecule has 4 heterocycles. The fourth-order valence-corrected chi connectivity index (χ4v) is 12.6. The van der Waals surface area contributed by atoms with Crippen molar-refractivity contribution in [2.24, 2.45) is 46.3 Å². The number of rotatable bonds is 5. The van der Waals surface area contributed by atoms with E-state index in [9.17, 15) is 35.7 Å². The van der Waals surface area contributed by atoms with Crippen molar-refractivity contribution in [3.05, 3.63) is 11.6 Å². The summed E-state index contributed by atoms with van der Waals surface area (Å²) in [6.45, 7) is 11.1. The third kappa shape index (κ3) is 5.82. The molecule has 4 saturated heterocycles. The standard InChI is InChI=1S/C39H62O13/c1-17-6-11-39(47-16-17)18(2)28-25(52-39)14-23-27-22(8-10-38(23,28)5)37(4)9-7-21(12-20(37)13-24(27)41)49-36-33(46)31(44)34(26(15-40)50-36)51-35-32(45)30(43)29(42)19(3)48-35/h13,17-19,21-36,40-46H,6-12,14-16H2,1-5H3/t17-,18+,19+,21+,22+,23+,24+,25+,26-,27-,28+,29+,30-,31-,32-,33-,34-,35+,36-,37+,38+,39-/m1/s1. The molecule has 52 heavy (non-hydrogen) atoms. The maximum Gasteiger partial charge on any atom is 0.187 e. The van der Waals surface area contributed by atoms with Crippen molar-refractivity contribution in [3.63, 3.8) is 0 Å². The van der Waals surface area contributed by atoms with Crippen LogP contribution in [0.1, 0.15) is 86.0 Å². The highest BCUT2D eigenvalue weighted by Crippen LogP contribution is 2.70. The molecule has 0 unspecified atom stereocenters. The predicted octanol–water partition coefficient (Wildman–Crippen LogP) is 1.36. The normalized spacial score (nSPS) is 58.9. The van der Waals surface area contributed by atoms with E-state index in [2.05, 4.69) is 33.8 Å². The Morgan fingerprint density at radius 2 is 1.54 bits per heavy atom. The van der Waals surface area contributed by atoms with Gasteiger partial charge in [0.15, 0.2) is 18.4 Å². The number of hydrogen-bond acceptors (Lipinski definition) is 13. The molecule has 8 rings (SSSR count). The molecule has 8 aliphatic rings. The second-order valence-electron chi connectivity index (χ2n) is 18.4. The van der Waals surface area contributed by atoms with Crippen molar-refractivity contribution in [1.82, 2.24) is 0 Å². The molecule has 7 N–H and O–H groups in total. The Kier molecular flexibility index (Phi) is 10.0. The number of hydrogen-bond donors (Lipinski definition) is 7. The Morgan fingerprint density at radius 3 is 2.25 bits per heavy atom. The lowest BCUT2D eigenvalue weighted by atomic mass is 9.46. The van der Waals surface area contributed by atoms with Crippen molar-refractivity contribution < 1.29 is 64.2 Å². The Morgan fingerprint density at radius 1 is 0.808 bits per heavy atom. The van der Waals surface area contributed by atoms with Gasteiger partial charge in [-0.15, -0.1) is 0 Å². The third-order valence-electron chi connectivity index (χ3n) is 15.6. The van der Waals surface area contributed by atoms with Gasteiger partial charge in [-0.05, 0) is 92.3 Å². The minimum Gasteiger partial charge on any atom is -0.394 e. The zero-order chi connectivity index (χ0) is 37.1. The van der Waals surface area contributed by atoms with Gasteiger partial charge in [0.2, 0.25) is 0 Å². The number of fused-ring (bicyclic) bond motifs is 7. The molecule has 13 heteroatoms. The lowest BCUT2D eigenvalue weighted by Gasteiger charge is -2.59. The SMILES string of the molecule is C[C@@H]1CC[C@@]2(OC1)O[C@H]1C[C@H]3[C@@H]4[C@@H](O)C=C5C[C@@H](O[C@@H]6O[C@H](CO)[C@@H](O[C@@H]7O[C@@H](C)[C@H](O)[C@@H](O)[C@H]7O)[C@H](O)[C@H]6O)CC[C@]5(C)[C@H]4CC[C@]3(C)[C@H]1[C@@H]2C. The van der Waals surface area contributed by atoms with E-state index in [1.54, 1.807) is 0 Å². The van der Waals surface area contributed by atoms with E-state index in [4.69, 9.17) is 28.4 Å². The first-order valence-corrected chi connectivity index (χ1v) is 20.0. The van der Waals surface area contributed by atoms with E-state index in [1.165, 1.54) is 6.92 Å². The number of ether oxygens (including phenoxy) is 6. The summed E-state index contributed by atoms with van der Waals surface area (Å²) in [7, 11) is 0. The highest BCUT2D eigenvalue weighted by Gasteiger charge is 2.69. The molecule has 3 saturated carbocycles. The van der Waals surface area contributed by atoms with Crippen molar-refractivity contribution in [1.29, 1.82) is 0 Å². The lowest BCUT2D eigenvalue weighted by Crippen LogP contribution is -2.64. The van der Waals surface area contributed by atoms with Crippen LogP contribution in [-0.4, -0.2) is 134 Å². The molecular weight excluding hydrogens is 676 g/mol. The van der Waals surface area contributed by atoms with Crippen LogP contribution < -0.4 is 0 Å². The number of aliphatic hydroxyl groups is 7. The van der Waals surface area contributed by atoms with Gasteiger partial charge < -0.3 is 64.2 Å². The maximum absolute atomic E-state index is 11.9. The van der Waals surface area contributed by atoms with Gasteiger partial charge in [-0.1, -0.05) is 39.3 Å². The molecular formula is C39H62O13. The van der Waals surface area contributed by atoms with Crippen molar-refractivity contribution >= 4 is 0 Å². The monoisotopic (exact) mass is 738 g/mol.